The summed E-state index contributed by atoms with van der Waals surface area (Å²) in [6.45, 7) is 0.629. The van der Waals surface area contributed by atoms with Crippen molar-refractivity contribution in [2.45, 2.75) is 13.2 Å². The van der Waals surface area contributed by atoms with Crippen molar-refractivity contribution in [3.63, 3.8) is 0 Å². The quantitative estimate of drug-likeness (QED) is 0.943. The van der Waals surface area contributed by atoms with Gasteiger partial charge in [0.25, 0.3) is 0 Å². The minimum absolute atomic E-state index is 0.310. The Morgan fingerprint density at radius 2 is 2.18 bits per heavy atom. The Kier molecular flexibility index (Phi) is 3.81. The highest BCUT2D eigenvalue weighted by atomic mass is 79.9. The van der Waals surface area contributed by atoms with Crippen LogP contribution in [0.4, 0.5) is 4.39 Å². The molecule has 0 aliphatic carbocycles. The molecule has 0 atom stereocenters. The lowest BCUT2D eigenvalue weighted by atomic mass is 10.2. The van der Waals surface area contributed by atoms with E-state index < -0.39 is 0 Å². The van der Waals surface area contributed by atoms with E-state index in [1.165, 1.54) is 6.07 Å². The first kappa shape index (κ1) is 12.1. The average molecular weight is 300 g/mol. The summed E-state index contributed by atoms with van der Waals surface area (Å²) < 4.78 is 24.2. The number of furan rings is 1. The number of ether oxygens (including phenoxy) is 1. The molecule has 1 heterocycles. The summed E-state index contributed by atoms with van der Waals surface area (Å²) >= 11 is 3.08. The fraction of sp³-hybridized carbons (Fsp3) is 0.167. The summed E-state index contributed by atoms with van der Waals surface area (Å²) in [6.07, 6.45) is 1.56. The number of benzene rings is 1. The fourth-order valence-electron chi connectivity index (χ4n) is 1.40. The highest BCUT2D eigenvalue weighted by Crippen LogP contribution is 2.22. The second-order valence-corrected chi connectivity index (χ2v) is 4.29. The second-order valence-electron chi connectivity index (χ2n) is 3.44. The molecule has 2 aromatic rings. The van der Waals surface area contributed by atoms with Gasteiger partial charge in [0.05, 0.1) is 17.3 Å². The standard InChI is InChI=1S/C12H11BrFNO2/c13-10-2-1-9(5-11(10)14)17-7-8-3-4-16-12(8)6-15/h1-5H,6-7,15H2. The molecule has 0 amide bonds. The van der Waals surface area contributed by atoms with Gasteiger partial charge >= 0.3 is 0 Å². The molecule has 5 heteroatoms. The monoisotopic (exact) mass is 299 g/mol. The second kappa shape index (κ2) is 5.33. The highest BCUT2D eigenvalue weighted by Gasteiger charge is 2.06. The third kappa shape index (κ3) is 2.87. The lowest BCUT2D eigenvalue weighted by Crippen LogP contribution is -2.02. The molecule has 1 aromatic carbocycles. The van der Waals surface area contributed by atoms with Gasteiger partial charge in [0.1, 0.15) is 23.9 Å². The van der Waals surface area contributed by atoms with Gasteiger partial charge in [-0.05, 0) is 34.1 Å². The van der Waals surface area contributed by atoms with E-state index in [-0.39, 0.29) is 5.82 Å². The van der Waals surface area contributed by atoms with Crippen molar-refractivity contribution in [1.29, 1.82) is 0 Å². The van der Waals surface area contributed by atoms with Gasteiger partial charge in [0.15, 0.2) is 0 Å². The SMILES string of the molecule is NCc1occc1COc1ccc(Br)c(F)c1. The molecule has 0 saturated heterocycles. The van der Waals surface area contributed by atoms with Gasteiger partial charge in [-0.2, -0.15) is 0 Å². The average Bonchev–Trinajstić information content (AvgIpc) is 2.78. The van der Waals surface area contributed by atoms with Gasteiger partial charge in [-0.15, -0.1) is 0 Å². The first-order valence-electron chi connectivity index (χ1n) is 5.04. The molecule has 2 rings (SSSR count). The van der Waals surface area contributed by atoms with Crippen molar-refractivity contribution < 1.29 is 13.5 Å². The number of nitrogens with two attached hydrogens (primary N) is 1. The summed E-state index contributed by atoms with van der Waals surface area (Å²) in [6, 6.07) is 6.41. The van der Waals surface area contributed by atoms with Crippen LogP contribution in [0.5, 0.6) is 5.75 Å². The molecule has 90 valence electrons. The molecule has 17 heavy (non-hydrogen) atoms. The number of hydrogen-bond donors (Lipinski definition) is 1. The van der Waals surface area contributed by atoms with Crippen LogP contribution in [0, 0.1) is 5.82 Å². The van der Waals surface area contributed by atoms with Gasteiger partial charge in [-0.1, -0.05) is 0 Å². The van der Waals surface area contributed by atoms with Gasteiger partial charge in [0, 0.05) is 11.6 Å². The van der Waals surface area contributed by atoms with E-state index >= 15 is 0 Å². The van der Waals surface area contributed by atoms with Crippen molar-refractivity contribution in [2.24, 2.45) is 5.73 Å². The zero-order chi connectivity index (χ0) is 12.3. The van der Waals surface area contributed by atoms with Crippen molar-refractivity contribution in [3.05, 3.63) is 52.1 Å². The van der Waals surface area contributed by atoms with E-state index in [0.717, 1.165) is 5.56 Å². The van der Waals surface area contributed by atoms with Crippen LogP contribution in [-0.4, -0.2) is 0 Å². The van der Waals surface area contributed by atoms with Gasteiger partial charge in [-0.25, -0.2) is 4.39 Å². The predicted molar refractivity (Wildman–Crippen MR) is 65.0 cm³/mol. The van der Waals surface area contributed by atoms with Crippen LogP contribution in [0.15, 0.2) is 39.4 Å². The zero-order valence-corrected chi connectivity index (χ0v) is 10.5. The van der Waals surface area contributed by atoms with Crippen LogP contribution in [0.3, 0.4) is 0 Å². The topological polar surface area (TPSA) is 48.4 Å². The van der Waals surface area contributed by atoms with Crippen molar-refractivity contribution in [2.75, 3.05) is 0 Å². The molecule has 0 unspecified atom stereocenters. The third-order valence-electron chi connectivity index (χ3n) is 2.31. The Morgan fingerprint density at radius 3 is 2.88 bits per heavy atom. The van der Waals surface area contributed by atoms with Crippen LogP contribution < -0.4 is 10.5 Å². The predicted octanol–water partition coefficient (Wildman–Crippen LogP) is 3.22. The Bertz CT molecular complexity index is 513. The molecule has 1 aromatic heterocycles. The van der Waals surface area contributed by atoms with E-state index in [1.807, 2.05) is 0 Å². The molecule has 0 aliphatic heterocycles. The van der Waals surface area contributed by atoms with Crippen LogP contribution in [0.25, 0.3) is 0 Å². The van der Waals surface area contributed by atoms with E-state index in [1.54, 1.807) is 24.5 Å². The molecule has 0 fully saturated rings. The van der Waals surface area contributed by atoms with E-state index in [9.17, 15) is 4.39 Å². The smallest absolute Gasteiger partial charge is 0.141 e. The molecule has 0 radical (unpaired) electrons. The van der Waals surface area contributed by atoms with Crippen molar-refractivity contribution in [3.8, 4) is 5.75 Å². The maximum absolute atomic E-state index is 13.2. The fourth-order valence-corrected chi connectivity index (χ4v) is 1.65. The molecule has 0 saturated carbocycles. The third-order valence-corrected chi connectivity index (χ3v) is 2.95. The molecular weight excluding hydrogens is 289 g/mol. The largest absolute Gasteiger partial charge is 0.489 e. The zero-order valence-electron chi connectivity index (χ0n) is 8.95. The van der Waals surface area contributed by atoms with Crippen LogP contribution in [0.1, 0.15) is 11.3 Å². The lowest BCUT2D eigenvalue weighted by Gasteiger charge is -2.06. The molecule has 3 nitrogen and oxygen atoms in total. The highest BCUT2D eigenvalue weighted by molar-refractivity contribution is 9.10. The van der Waals surface area contributed by atoms with Gasteiger partial charge in [0.2, 0.25) is 0 Å². The Hall–Kier alpha value is -1.33. The Morgan fingerprint density at radius 1 is 1.35 bits per heavy atom. The van der Waals surface area contributed by atoms with Crippen molar-refractivity contribution >= 4 is 15.9 Å². The lowest BCUT2D eigenvalue weighted by molar-refractivity contribution is 0.300. The van der Waals surface area contributed by atoms with Crippen molar-refractivity contribution in [1.82, 2.24) is 0 Å². The summed E-state index contributed by atoms with van der Waals surface area (Å²) in [5, 5.41) is 0. The minimum atomic E-state index is -0.353. The number of halogens is 2. The number of rotatable bonds is 4. The van der Waals surface area contributed by atoms with Crippen LogP contribution >= 0.6 is 15.9 Å². The Balaban J connectivity index is 2.05. The van der Waals surface area contributed by atoms with E-state index in [4.69, 9.17) is 14.9 Å². The summed E-state index contributed by atoms with van der Waals surface area (Å²) in [7, 11) is 0. The summed E-state index contributed by atoms with van der Waals surface area (Å²) in [4.78, 5) is 0. The van der Waals surface area contributed by atoms with E-state index in [2.05, 4.69) is 15.9 Å². The van der Waals surface area contributed by atoms with Crippen LogP contribution in [-0.2, 0) is 13.2 Å². The maximum Gasteiger partial charge on any atom is 0.141 e. The normalized spacial score (nSPS) is 10.5. The molecule has 2 N–H and O–H groups in total. The molecule has 0 spiro atoms. The molecule has 0 aliphatic rings. The first-order valence-corrected chi connectivity index (χ1v) is 5.83. The summed E-state index contributed by atoms with van der Waals surface area (Å²) in [5.41, 5.74) is 6.36. The molecular formula is C12H11BrFNO2. The van der Waals surface area contributed by atoms with E-state index in [0.29, 0.717) is 29.1 Å². The maximum atomic E-state index is 13.2. The Labute approximate surface area is 106 Å². The minimum Gasteiger partial charge on any atom is -0.489 e. The van der Waals surface area contributed by atoms with Crippen LogP contribution in [0.2, 0.25) is 0 Å². The first-order chi connectivity index (χ1) is 8.20. The number of hydrogen-bond acceptors (Lipinski definition) is 3. The summed E-state index contributed by atoms with van der Waals surface area (Å²) in [5.74, 6) is 0.797. The molecule has 0 bridgehead atoms. The van der Waals surface area contributed by atoms with Gasteiger partial charge in [-0.3, -0.25) is 0 Å². The van der Waals surface area contributed by atoms with Gasteiger partial charge < -0.3 is 14.9 Å².